The van der Waals surface area contributed by atoms with E-state index in [9.17, 15) is 13.6 Å². The van der Waals surface area contributed by atoms with Crippen molar-refractivity contribution in [3.8, 4) is 0 Å². The van der Waals surface area contributed by atoms with Crippen LogP contribution in [0.3, 0.4) is 0 Å². The number of aldehydes is 1. The second-order valence-corrected chi connectivity index (χ2v) is 3.67. The minimum Gasteiger partial charge on any atom is -0.304 e. The first-order valence-electron chi connectivity index (χ1n) is 4.22. The number of alkyl halides is 2. The molecule has 1 N–H and O–H groups in total. The molecule has 4 heteroatoms. The van der Waals surface area contributed by atoms with Crippen LogP contribution in [-0.4, -0.2) is 24.3 Å². The first-order valence-corrected chi connectivity index (χ1v) is 4.22. The molecule has 2 nitrogen and oxygen atoms in total. The van der Waals surface area contributed by atoms with Crippen molar-refractivity contribution in [3.63, 3.8) is 0 Å². The van der Waals surface area contributed by atoms with Crippen LogP contribution in [0.2, 0.25) is 0 Å². The smallest absolute Gasteiger partial charge is 0.254 e. The standard InChI is InChI=1S/C8H11F2NO/c9-8(10)3-5-1-2-6(8)7(4-12)11-5/h4-7,11H,1-3H2/t5-,6-,7+/m0/s1. The molecular weight excluding hydrogens is 164 g/mol. The van der Waals surface area contributed by atoms with Gasteiger partial charge in [-0.05, 0) is 12.8 Å². The van der Waals surface area contributed by atoms with Crippen LogP contribution in [0.1, 0.15) is 19.3 Å². The van der Waals surface area contributed by atoms with Crippen LogP contribution in [0.15, 0.2) is 0 Å². The Labute approximate surface area is 69.3 Å². The predicted octanol–water partition coefficient (Wildman–Crippen LogP) is 0.961. The zero-order chi connectivity index (χ0) is 8.77. The lowest BCUT2D eigenvalue weighted by atomic mass is 9.74. The summed E-state index contributed by atoms with van der Waals surface area (Å²) in [5.74, 6) is -3.39. The third-order valence-electron chi connectivity index (χ3n) is 2.90. The van der Waals surface area contributed by atoms with Gasteiger partial charge in [0.15, 0.2) is 0 Å². The molecule has 2 bridgehead atoms. The molecule has 0 amide bonds. The minimum absolute atomic E-state index is 0.0952. The van der Waals surface area contributed by atoms with Gasteiger partial charge in [0.05, 0.1) is 6.04 Å². The molecule has 3 aliphatic rings. The van der Waals surface area contributed by atoms with Gasteiger partial charge in [0.2, 0.25) is 0 Å². The maximum atomic E-state index is 13.1. The fraction of sp³-hybridized carbons (Fsp3) is 0.875. The molecule has 3 rings (SSSR count). The topological polar surface area (TPSA) is 29.1 Å². The number of piperidine rings is 2. The van der Waals surface area contributed by atoms with Crippen LogP contribution < -0.4 is 5.32 Å². The first-order chi connectivity index (χ1) is 5.63. The third-order valence-corrected chi connectivity index (χ3v) is 2.90. The van der Waals surface area contributed by atoms with Crippen molar-refractivity contribution in [2.45, 2.75) is 37.3 Å². The zero-order valence-corrected chi connectivity index (χ0v) is 6.59. The number of carbonyl (C=O) groups excluding carboxylic acids is 1. The molecule has 0 aromatic carbocycles. The average Bonchev–Trinajstić information content (AvgIpc) is 2.02. The minimum atomic E-state index is -2.63. The highest BCUT2D eigenvalue weighted by Gasteiger charge is 2.53. The van der Waals surface area contributed by atoms with Gasteiger partial charge in [-0.25, -0.2) is 8.78 Å². The van der Waals surface area contributed by atoms with E-state index in [1.807, 2.05) is 0 Å². The van der Waals surface area contributed by atoms with E-state index >= 15 is 0 Å². The summed E-state index contributed by atoms with van der Waals surface area (Å²) in [4.78, 5) is 10.4. The third kappa shape index (κ3) is 1.05. The van der Waals surface area contributed by atoms with Gasteiger partial charge in [-0.1, -0.05) is 0 Å². The van der Waals surface area contributed by atoms with Crippen LogP contribution in [0.4, 0.5) is 8.78 Å². The molecule has 3 atom stereocenters. The van der Waals surface area contributed by atoms with Crippen molar-refractivity contribution < 1.29 is 13.6 Å². The highest BCUT2D eigenvalue weighted by atomic mass is 19.3. The fourth-order valence-corrected chi connectivity index (χ4v) is 2.28. The van der Waals surface area contributed by atoms with Crippen molar-refractivity contribution in [1.29, 1.82) is 0 Å². The number of nitrogens with one attached hydrogen (secondary N) is 1. The average molecular weight is 175 g/mol. The van der Waals surface area contributed by atoms with Crippen LogP contribution in [0.25, 0.3) is 0 Å². The van der Waals surface area contributed by atoms with Crippen LogP contribution >= 0.6 is 0 Å². The summed E-state index contributed by atoms with van der Waals surface area (Å²) in [6.45, 7) is 0. The van der Waals surface area contributed by atoms with Gasteiger partial charge < -0.3 is 10.1 Å². The van der Waals surface area contributed by atoms with Crippen LogP contribution in [0.5, 0.6) is 0 Å². The van der Waals surface area contributed by atoms with Crippen molar-refractivity contribution in [3.05, 3.63) is 0 Å². The monoisotopic (exact) mass is 175 g/mol. The molecule has 0 unspecified atom stereocenters. The van der Waals surface area contributed by atoms with E-state index in [1.54, 1.807) is 0 Å². The molecule has 0 aromatic heterocycles. The number of rotatable bonds is 1. The lowest BCUT2D eigenvalue weighted by molar-refractivity contribution is -0.144. The molecule has 2 aliphatic heterocycles. The van der Waals surface area contributed by atoms with Crippen molar-refractivity contribution >= 4 is 6.29 Å². The normalized spacial score (nSPS) is 44.3. The van der Waals surface area contributed by atoms with E-state index in [0.717, 1.165) is 6.42 Å². The molecule has 12 heavy (non-hydrogen) atoms. The second-order valence-electron chi connectivity index (χ2n) is 3.67. The number of fused-ring (bicyclic) bond motifs is 3. The van der Waals surface area contributed by atoms with Gasteiger partial charge in [-0.3, -0.25) is 0 Å². The molecule has 1 aliphatic carbocycles. The summed E-state index contributed by atoms with van der Waals surface area (Å²) in [6.07, 6.45) is 1.78. The van der Waals surface area contributed by atoms with Crippen molar-refractivity contribution in [2.24, 2.45) is 5.92 Å². The van der Waals surface area contributed by atoms with E-state index in [2.05, 4.69) is 5.32 Å². The quantitative estimate of drug-likeness (QED) is 0.601. The van der Waals surface area contributed by atoms with Gasteiger partial charge >= 0.3 is 0 Å². The van der Waals surface area contributed by atoms with Crippen molar-refractivity contribution in [1.82, 2.24) is 5.32 Å². The predicted molar refractivity (Wildman–Crippen MR) is 39.1 cm³/mol. The van der Waals surface area contributed by atoms with Gasteiger partial charge in [-0.2, -0.15) is 0 Å². The van der Waals surface area contributed by atoms with Gasteiger partial charge in [0.25, 0.3) is 5.92 Å². The van der Waals surface area contributed by atoms with Gasteiger partial charge in [0.1, 0.15) is 6.29 Å². The molecule has 2 saturated heterocycles. The summed E-state index contributed by atoms with van der Waals surface area (Å²) in [5, 5.41) is 2.91. The molecular formula is C8H11F2NO. The number of hydrogen-bond acceptors (Lipinski definition) is 2. The molecule has 2 heterocycles. The highest BCUT2D eigenvalue weighted by Crippen LogP contribution is 2.43. The van der Waals surface area contributed by atoms with E-state index in [4.69, 9.17) is 0 Å². The fourth-order valence-electron chi connectivity index (χ4n) is 2.28. The van der Waals surface area contributed by atoms with Crippen LogP contribution in [0, 0.1) is 5.92 Å². The second kappa shape index (κ2) is 2.49. The summed E-state index contributed by atoms with van der Waals surface area (Å²) in [6, 6.07) is -0.771. The Balaban J connectivity index is 2.21. The maximum Gasteiger partial charge on any atom is 0.254 e. The molecule has 1 saturated carbocycles. The zero-order valence-electron chi connectivity index (χ0n) is 6.59. The summed E-state index contributed by atoms with van der Waals surface area (Å²) >= 11 is 0. The van der Waals surface area contributed by atoms with E-state index in [1.165, 1.54) is 0 Å². The van der Waals surface area contributed by atoms with Crippen LogP contribution in [-0.2, 0) is 4.79 Å². The Morgan fingerprint density at radius 3 is 2.58 bits per heavy atom. The molecule has 0 spiro atoms. The van der Waals surface area contributed by atoms with Gasteiger partial charge in [0, 0.05) is 18.4 Å². The number of halogens is 2. The van der Waals surface area contributed by atoms with E-state index < -0.39 is 17.9 Å². The van der Waals surface area contributed by atoms with E-state index in [-0.39, 0.29) is 12.5 Å². The number of hydrogen-bond donors (Lipinski definition) is 1. The Hall–Kier alpha value is -0.510. The lowest BCUT2D eigenvalue weighted by Gasteiger charge is -2.46. The maximum absolute atomic E-state index is 13.1. The Bertz CT molecular complexity index is 207. The molecule has 0 aromatic rings. The Morgan fingerprint density at radius 2 is 2.17 bits per heavy atom. The highest BCUT2D eigenvalue weighted by molar-refractivity contribution is 5.59. The Kier molecular flexibility index (Phi) is 1.68. The number of carbonyl (C=O) groups is 1. The lowest BCUT2D eigenvalue weighted by Crippen LogP contribution is -2.61. The molecule has 0 radical (unpaired) electrons. The SMILES string of the molecule is O=C[C@H]1N[C@H]2CC[C@@H]1C(F)(F)C2. The molecule has 3 fully saturated rings. The molecule has 68 valence electrons. The van der Waals surface area contributed by atoms with Gasteiger partial charge in [-0.15, -0.1) is 0 Å². The summed E-state index contributed by atoms with van der Waals surface area (Å²) in [5.41, 5.74) is 0. The summed E-state index contributed by atoms with van der Waals surface area (Å²) < 4.78 is 26.3. The van der Waals surface area contributed by atoms with Crippen molar-refractivity contribution in [2.75, 3.05) is 0 Å². The Morgan fingerprint density at radius 1 is 1.42 bits per heavy atom. The largest absolute Gasteiger partial charge is 0.304 e. The summed E-state index contributed by atoms with van der Waals surface area (Å²) in [7, 11) is 0. The van der Waals surface area contributed by atoms with E-state index in [0.29, 0.717) is 12.7 Å². The first kappa shape index (κ1) is 8.10.